The largest absolute Gasteiger partial charge is 0.383 e. The summed E-state index contributed by atoms with van der Waals surface area (Å²) in [5.41, 5.74) is -0.381. The van der Waals surface area contributed by atoms with Crippen LogP contribution in [0.5, 0.6) is 0 Å². The minimum absolute atomic E-state index is 0.0225. The number of carbonyl (C=O) groups is 1. The van der Waals surface area contributed by atoms with Crippen molar-refractivity contribution in [2.24, 2.45) is 0 Å². The van der Waals surface area contributed by atoms with Crippen LogP contribution < -0.4 is 10.6 Å². The van der Waals surface area contributed by atoms with E-state index in [2.05, 4.69) is 15.6 Å². The number of thiazole rings is 1. The van der Waals surface area contributed by atoms with Crippen LogP contribution in [0.1, 0.15) is 25.3 Å². The topological polar surface area (TPSA) is 63.2 Å². The molecule has 2 N–H and O–H groups in total. The summed E-state index contributed by atoms with van der Waals surface area (Å²) in [6.07, 6.45) is 2.57. The molecule has 0 aliphatic rings. The third kappa shape index (κ3) is 4.36. The van der Waals surface area contributed by atoms with E-state index in [-0.39, 0.29) is 11.4 Å². The number of ether oxygens (including phenoxy) is 1. The zero-order valence-corrected chi connectivity index (χ0v) is 12.0. The summed E-state index contributed by atoms with van der Waals surface area (Å²) in [7, 11) is 1.64. The van der Waals surface area contributed by atoms with Gasteiger partial charge in [-0.2, -0.15) is 0 Å². The van der Waals surface area contributed by atoms with E-state index in [1.165, 1.54) is 0 Å². The Kier molecular flexibility index (Phi) is 6.24. The van der Waals surface area contributed by atoms with Gasteiger partial charge in [-0.1, -0.05) is 6.92 Å². The Balaban J connectivity index is 2.45. The molecule has 1 aromatic heterocycles. The molecule has 5 nitrogen and oxygen atoms in total. The van der Waals surface area contributed by atoms with Crippen molar-refractivity contribution in [1.29, 1.82) is 0 Å². The quantitative estimate of drug-likeness (QED) is 0.696. The fourth-order valence-electron chi connectivity index (χ4n) is 1.52. The Labute approximate surface area is 112 Å². The second kappa shape index (κ2) is 7.45. The van der Waals surface area contributed by atoms with Crippen molar-refractivity contribution in [2.75, 3.05) is 26.8 Å². The van der Waals surface area contributed by atoms with Crippen LogP contribution in [0.15, 0.2) is 11.6 Å². The van der Waals surface area contributed by atoms with Gasteiger partial charge in [0.15, 0.2) is 0 Å². The van der Waals surface area contributed by atoms with Gasteiger partial charge in [0, 0.05) is 25.2 Å². The number of methoxy groups -OCH3 is 1. The minimum Gasteiger partial charge on any atom is -0.383 e. The van der Waals surface area contributed by atoms with Crippen molar-refractivity contribution < 1.29 is 9.53 Å². The van der Waals surface area contributed by atoms with Crippen LogP contribution in [0.4, 0.5) is 0 Å². The van der Waals surface area contributed by atoms with Crippen LogP contribution >= 0.6 is 11.3 Å². The van der Waals surface area contributed by atoms with Crippen LogP contribution in [0.3, 0.4) is 0 Å². The van der Waals surface area contributed by atoms with Crippen molar-refractivity contribution in [3.63, 3.8) is 0 Å². The van der Waals surface area contributed by atoms with Gasteiger partial charge >= 0.3 is 0 Å². The van der Waals surface area contributed by atoms with Gasteiger partial charge in [-0.15, -0.1) is 11.3 Å². The molecule has 1 atom stereocenters. The molecule has 1 rings (SSSR count). The number of hydrogen-bond acceptors (Lipinski definition) is 5. The Bertz CT molecular complexity index is 356. The maximum Gasteiger partial charge on any atom is 0.234 e. The van der Waals surface area contributed by atoms with Crippen molar-refractivity contribution >= 4 is 17.2 Å². The second-order valence-electron chi connectivity index (χ2n) is 4.24. The van der Waals surface area contributed by atoms with E-state index in [4.69, 9.17) is 4.74 Å². The average Bonchev–Trinajstić information content (AvgIpc) is 2.89. The van der Waals surface area contributed by atoms with Gasteiger partial charge in [0.1, 0.15) is 5.01 Å². The van der Waals surface area contributed by atoms with Crippen LogP contribution in [-0.2, 0) is 15.1 Å². The lowest BCUT2D eigenvalue weighted by Crippen LogP contribution is -2.46. The van der Waals surface area contributed by atoms with Gasteiger partial charge < -0.3 is 15.4 Å². The molecule has 1 heterocycles. The third-order valence-electron chi connectivity index (χ3n) is 2.80. The van der Waals surface area contributed by atoms with Gasteiger partial charge in [0.05, 0.1) is 18.7 Å². The average molecular weight is 271 g/mol. The number of hydrogen-bond donors (Lipinski definition) is 2. The smallest absolute Gasteiger partial charge is 0.234 e. The zero-order valence-electron chi connectivity index (χ0n) is 11.2. The molecule has 0 spiro atoms. The SMILES string of the molecule is CCC(C)(NC(=O)CNCCOC)c1nccs1. The van der Waals surface area contributed by atoms with E-state index in [1.54, 1.807) is 24.6 Å². The van der Waals surface area contributed by atoms with Gasteiger partial charge in [0.25, 0.3) is 0 Å². The van der Waals surface area contributed by atoms with Crippen molar-refractivity contribution in [3.05, 3.63) is 16.6 Å². The Hall–Kier alpha value is -0.980. The summed E-state index contributed by atoms with van der Waals surface area (Å²) in [6, 6.07) is 0. The van der Waals surface area contributed by atoms with Crippen molar-refractivity contribution in [2.45, 2.75) is 25.8 Å². The third-order valence-corrected chi connectivity index (χ3v) is 3.83. The van der Waals surface area contributed by atoms with E-state index in [0.29, 0.717) is 19.7 Å². The Morgan fingerprint density at radius 2 is 2.39 bits per heavy atom. The highest BCUT2D eigenvalue weighted by Crippen LogP contribution is 2.25. The van der Waals surface area contributed by atoms with E-state index in [1.807, 2.05) is 19.2 Å². The molecule has 0 aromatic carbocycles. The summed E-state index contributed by atoms with van der Waals surface area (Å²) >= 11 is 1.56. The normalized spacial score (nSPS) is 14.2. The fraction of sp³-hybridized carbons (Fsp3) is 0.667. The van der Waals surface area contributed by atoms with Crippen LogP contribution in [0, 0.1) is 0 Å². The molecular formula is C12H21N3O2S. The number of amides is 1. The fourth-order valence-corrected chi connectivity index (χ4v) is 2.34. The number of aromatic nitrogens is 1. The molecule has 0 saturated carbocycles. The van der Waals surface area contributed by atoms with E-state index in [0.717, 1.165) is 11.4 Å². The first kappa shape index (κ1) is 15.1. The molecule has 1 amide bonds. The summed E-state index contributed by atoms with van der Waals surface area (Å²) in [6.45, 7) is 5.61. The van der Waals surface area contributed by atoms with Gasteiger partial charge in [0.2, 0.25) is 5.91 Å². The predicted molar refractivity (Wildman–Crippen MR) is 72.6 cm³/mol. The van der Waals surface area contributed by atoms with Crippen LogP contribution in [-0.4, -0.2) is 37.7 Å². The van der Waals surface area contributed by atoms with Crippen LogP contribution in [0.2, 0.25) is 0 Å². The molecule has 0 aliphatic carbocycles. The van der Waals surface area contributed by atoms with Gasteiger partial charge in [-0.3, -0.25) is 4.79 Å². The van der Waals surface area contributed by atoms with E-state index in [9.17, 15) is 4.79 Å². The highest BCUT2D eigenvalue weighted by molar-refractivity contribution is 7.09. The Morgan fingerprint density at radius 1 is 1.61 bits per heavy atom. The molecule has 102 valence electrons. The predicted octanol–water partition coefficient (Wildman–Crippen LogP) is 1.12. The van der Waals surface area contributed by atoms with E-state index < -0.39 is 0 Å². The molecule has 1 aromatic rings. The summed E-state index contributed by atoms with van der Waals surface area (Å²) in [5.74, 6) is -0.0225. The van der Waals surface area contributed by atoms with Gasteiger partial charge in [-0.25, -0.2) is 4.98 Å². The maximum absolute atomic E-state index is 11.8. The molecule has 0 bridgehead atoms. The molecule has 0 aliphatic heterocycles. The lowest BCUT2D eigenvalue weighted by molar-refractivity contribution is -0.122. The van der Waals surface area contributed by atoms with Crippen molar-refractivity contribution in [3.8, 4) is 0 Å². The maximum atomic E-state index is 11.8. The standard InChI is InChI=1S/C12H21N3O2S/c1-4-12(2,11-14-6-8-18-11)15-10(16)9-13-5-7-17-3/h6,8,13H,4-5,7,9H2,1-3H3,(H,15,16). The first-order valence-corrected chi connectivity index (χ1v) is 6.91. The van der Waals surface area contributed by atoms with Crippen LogP contribution in [0.25, 0.3) is 0 Å². The van der Waals surface area contributed by atoms with E-state index >= 15 is 0 Å². The Morgan fingerprint density at radius 3 is 2.94 bits per heavy atom. The van der Waals surface area contributed by atoms with Gasteiger partial charge in [-0.05, 0) is 13.3 Å². The summed E-state index contributed by atoms with van der Waals surface area (Å²) in [4.78, 5) is 16.1. The molecule has 0 radical (unpaired) electrons. The number of carbonyl (C=O) groups excluding carboxylic acids is 1. The second-order valence-corrected chi connectivity index (χ2v) is 5.14. The number of rotatable bonds is 8. The first-order valence-electron chi connectivity index (χ1n) is 6.03. The van der Waals surface area contributed by atoms with Crippen molar-refractivity contribution in [1.82, 2.24) is 15.6 Å². The minimum atomic E-state index is -0.381. The first-order chi connectivity index (χ1) is 8.62. The summed E-state index contributed by atoms with van der Waals surface area (Å²) < 4.78 is 4.90. The monoisotopic (exact) mass is 271 g/mol. The highest BCUT2D eigenvalue weighted by Gasteiger charge is 2.28. The number of nitrogens with one attached hydrogen (secondary N) is 2. The highest BCUT2D eigenvalue weighted by atomic mass is 32.1. The number of nitrogens with zero attached hydrogens (tertiary/aromatic N) is 1. The molecule has 1 unspecified atom stereocenters. The lowest BCUT2D eigenvalue weighted by Gasteiger charge is -2.27. The lowest BCUT2D eigenvalue weighted by atomic mass is 10.00. The molecule has 0 fully saturated rings. The molecule has 18 heavy (non-hydrogen) atoms. The molecule has 0 saturated heterocycles. The molecule has 6 heteroatoms. The summed E-state index contributed by atoms with van der Waals surface area (Å²) in [5, 5.41) is 8.91. The zero-order chi connectivity index (χ0) is 13.4. The molecular weight excluding hydrogens is 250 g/mol.